The fourth-order valence-electron chi connectivity index (χ4n) is 6.99. The highest BCUT2D eigenvalue weighted by Crippen LogP contribution is 2.55. The van der Waals surface area contributed by atoms with Crippen molar-refractivity contribution in [2.75, 3.05) is 32.8 Å². The van der Waals surface area contributed by atoms with E-state index in [1.165, 1.54) is 0 Å². The summed E-state index contributed by atoms with van der Waals surface area (Å²) >= 11 is 0. The van der Waals surface area contributed by atoms with E-state index in [4.69, 9.17) is 9.47 Å². The van der Waals surface area contributed by atoms with Crippen molar-refractivity contribution in [3.05, 3.63) is 60.2 Å². The van der Waals surface area contributed by atoms with E-state index in [0.29, 0.717) is 45.3 Å². The highest BCUT2D eigenvalue weighted by Gasteiger charge is 2.73. The number of allylic oxidation sites excluding steroid dienone is 1. The zero-order valence-electron chi connectivity index (χ0n) is 25.6. The average molecular weight is 608 g/mol. The van der Waals surface area contributed by atoms with Gasteiger partial charge in [0.2, 0.25) is 17.7 Å². The highest BCUT2D eigenvalue weighted by atomic mass is 16.6. The van der Waals surface area contributed by atoms with Gasteiger partial charge in [0.15, 0.2) is 0 Å². The Morgan fingerprint density at radius 2 is 1.77 bits per heavy atom. The Labute approximate surface area is 259 Å². The Kier molecular flexibility index (Phi) is 10.5. The molecule has 2 N–H and O–H groups in total. The number of amides is 3. The number of carbonyl (C=O) groups is 4. The maximum absolute atomic E-state index is 14.5. The number of cyclic esters (lactones) is 1. The van der Waals surface area contributed by atoms with Gasteiger partial charge >= 0.3 is 5.97 Å². The van der Waals surface area contributed by atoms with Crippen molar-refractivity contribution < 1.29 is 33.8 Å². The molecule has 6 atom stereocenters. The van der Waals surface area contributed by atoms with Gasteiger partial charge in [-0.3, -0.25) is 19.2 Å². The minimum absolute atomic E-state index is 0.0604. The quantitative estimate of drug-likeness (QED) is 0.238. The van der Waals surface area contributed by atoms with Crippen LogP contribution in [0.15, 0.2) is 54.6 Å². The zero-order chi connectivity index (χ0) is 31.1. The Morgan fingerprint density at radius 3 is 2.55 bits per heavy atom. The summed E-state index contributed by atoms with van der Waals surface area (Å²) in [6, 6.07) is 8.31. The standard InChI is InChI=1S/C34H45N3O7/c1-2-3-10-19-36-20-11-5-9-16-27(39)35-23-26(24-14-7-4-8-15-24)43-33(42)28-25-17-18-34(44-25)29(28)31(40)37(30(34)32(36)41)21-12-6-13-22-38/h4-5,7-8,11,14-15,17-18,25-26,28-30,38H,2-3,6,9-10,12-13,16,19-23H2,1H3,(H,35,39)/b11-5-/t25-,26-,28+,29+,30-,34+/m1/s1. The molecule has 0 aliphatic carbocycles. The molecule has 5 bridgehead atoms. The molecule has 4 heterocycles. The van der Waals surface area contributed by atoms with Crippen molar-refractivity contribution in [1.82, 2.24) is 15.1 Å². The fraction of sp³-hybridized carbons (Fsp3) is 0.588. The van der Waals surface area contributed by atoms with Gasteiger partial charge in [0.05, 0.1) is 18.6 Å². The first-order valence-corrected chi connectivity index (χ1v) is 16.2. The Hall–Kier alpha value is -3.50. The summed E-state index contributed by atoms with van der Waals surface area (Å²) in [4.78, 5) is 58.8. The first-order valence-electron chi connectivity index (χ1n) is 16.2. The lowest BCUT2D eigenvalue weighted by Gasteiger charge is -2.36. The Bertz CT molecular complexity index is 1250. The van der Waals surface area contributed by atoms with Crippen LogP contribution in [0.2, 0.25) is 0 Å². The smallest absolute Gasteiger partial charge is 0.313 e. The van der Waals surface area contributed by atoms with Crippen molar-refractivity contribution in [2.45, 2.75) is 82.1 Å². The van der Waals surface area contributed by atoms with E-state index in [-0.39, 0.29) is 37.3 Å². The monoisotopic (exact) mass is 607 g/mol. The molecule has 2 saturated heterocycles. The number of nitrogens with zero attached hydrogens (tertiary/aromatic N) is 2. The fourth-order valence-corrected chi connectivity index (χ4v) is 6.99. The minimum atomic E-state index is -1.27. The van der Waals surface area contributed by atoms with Crippen molar-refractivity contribution in [1.29, 1.82) is 0 Å². The number of unbranched alkanes of at least 4 members (excludes halogenated alkanes) is 4. The van der Waals surface area contributed by atoms with E-state index in [9.17, 15) is 24.3 Å². The second-order valence-electron chi connectivity index (χ2n) is 12.2. The first-order chi connectivity index (χ1) is 21.4. The van der Waals surface area contributed by atoms with Gasteiger partial charge in [-0.1, -0.05) is 74.4 Å². The first kappa shape index (κ1) is 31.9. The van der Waals surface area contributed by atoms with Crippen molar-refractivity contribution >= 4 is 23.7 Å². The molecular formula is C34H45N3O7. The van der Waals surface area contributed by atoms with E-state index in [0.717, 1.165) is 24.8 Å². The summed E-state index contributed by atoms with van der Waals surface area (Å²) in [6.45, 7) is 3.47. The summed E-state index contributed by atoms with van der Waals surface area (Å²) < 4.78 is 12.6. The van der Waals surface area contributed by atoms with Gasteiger partial charge in [0.25, 0.3) is 0 Å². The number of carbonyl (C=O) groups excluding carboxylic acids is 4. The molecule has 10 nitrogen and oxygen atoms in total. The Balaban J connectivity index is 1.51. The molecule has 5 rings (SSSR count). The molecule has 1 aromatic rings. The summed E-state index contributed by atoms with van der Waals surface area (Å²) in [5, 5.41) is 12.2. The molecule has 0 unspecified atom stereocenters. The molecular weight excluding hydrogens is 562 g/mol. The number of aliphatic hydroxyl groups excluding tert-OH is 1. The van der Waals surface area contributed by atoms with Gasteiger partial charge in [0, 0.05) is 32.7 Å². The number of benzene rings is 1. The normalized spacial score (nSPS) is 31.3. The number of hydrogen-bond donors (Lipinski definition) is 2. The van der Waals surface area contributed by atoms with Crippen LogP contribution in [0.4, 0.5) is 0 Å². The molecule has 4 aliphatic heterocycles. The maximum atomic E-state index is 14.5. The molecule has 1 spiro atoms. The van der Waals surface area contributed by atoms with E-state index < -0.39 is 41.7 Å². The Morgan fingerprint density at radius 1 is 0.977 bits per heavy atom. The van der Waals surface area contributed by atoms with Gasteiger partial charge in [0.1, 0.15) is 23.7 Å². The third kappa shape index (κ3) is 6.47. The lowest BCUT2D eigenvalue weighted by Crippen LogP contribution is -2.56. The zero-order valence-corrected chi connectivity index (χ0v) is 25.6. The van der Waals surface area contributed by atoms with Crippen molar-refractivity contribution in [2.24, 2.45) is 11.8 Å². The molecule has 0 aromatic heterocycles. The molecule has 10 heteroatoms. The van der Waals surface area contributed by atoms with Crippen LogP contribution in [0.5, 0.6) is 0 Å². The number of nitrogens with one attached hydrogen (secondary N) is 1. The number of fused-ring (bicyclic) bond motifs is 2. The number of likely N-dealkylation sites (tertiary alicyclic amines) is 1. The van der Waals surface area contributed by atoms with Crippen LogP contribution < -0.4 is 5.32 Å². The van der Waals surface area contributed by atoms with Crippen LogP contribution in [0.3, 0.4) is 0 Å². The summed E-state index contributed by atoms with van der Waals surface area (Å²) in [7, 11) is 0. The molecule has 4 aliphatic rings. The number of rotatable bonds is 10. The molecule has 238 valence electrons. The number of esters is 1. The van der Waals surface area contributed by atoms with Crippen LogP contribution in [0.1, 0.15) is 70.0 Å². The van der Waals surface area contributed by atoms with Crippen LogP contribution in [0.25, 0.3) is 0 Å². The average Bonchev–Trinajstić information content (AvgIpc) is 3.67. The van der Waals surface area contributed by atoms with E-state index >= 15 is 0 Å². The van der Waals surface area contributed by atoms with E-state index in [1.807, 2.05) is 48.6 Å². The van der Waals surface area contributed by atoms with Gasteiger partial charge < -0.3 is 29.7 Å². The lowest BCUT2D eigenvalue weighted by molar-refractivity contribution is -0.159. The SMILES string of the molecule is CCCCCN1C/C=C\CCC(=O)NC[C@H](c2ccccc2)OC(=O)[C@@H]2[C@H]3C(=O)N(CCCCCO)[C@H](C1=O)[C@]31C=C[C@H]2O1. The highest BCUT2D eigenvalue weighted by molar-refractivity contribution is 5.99. The van der Waals surface area contributed by atoms with Gasteiger partial charge in [-0.05, 0) is 37.7 Å². The number of ether oxygens (including phenoxy) is 2. The predicted molar refractivity (Wildman–Crippen MR) is 163 cm³/mol. The van der Waals surface area contributed by atoms with Crippen LogP contribution in [-0.4, -0.2) is 89.1 Å². The molecule has 1 aromatic carbocycles. The number of aliphatic hydroxyl groups is 1. The van der Waals surface area contributed by atoms with Crippen LogP contribution in [0, 0.1) is 11.8 Å². The van der Waals surface area contributed by atoms with Gasteiger partial charge in [-0.25, -0.2) is 0 Å². The van der Waals surface area contributed by atoms with Gasteiger partial charge in [-0.2, -0.15) is 0 Å². The van der Waals surface area contributed by atoms with Crippen molar-refractivity contribution in [3.8, 4) is 0 Å². The second kappa shape index (κ2) is 14.5. The summed E-state index contributed by atoms with van der Waals surface area (Å²) in [5.41, 5.74) is -0.538. The van der Waals surface area contributed by atoms with Crippen molar-refractivity contribution in [3.63, 3.8) is 0 Å². The molecule has 3 amide bonds. The van der Waals surface area contributed by atoms with E-state index in [1.54, 1.807) is 15.9 Å². The second-order valence-corrected chi connectivity index (χ2v) is 12.2. The van der Waals surface area contributed by atoms with E-state index in [2.05, 4.69) is 12.2 Å². The largest absolute Gasteiger partial charge is 0.455 e. The predicted octanol–water partition coefficient (Wildman–Crippen LogP) is 3.07. The topological polar surface area (TPSA) is 125 Å². The summed E-state index contributed by atoms with van der Waals surface area (Å²) in [5.74, 6) is -3.05. The van der Waals surface area contributed by atoms with Crippen LogP contribution >= 0.6 is 0 Å². The minimum Gasteiger partial charge on any atom is -0.455 e. The molecule has 2 fully saturated rings. The third-order valence-corrected chi connectivity index (χ3v) is 9.23. The lowest BCUT2D eigenvalue weighted by atomic mass is 9.74. The molecule has 0 saturated carbocycles. The molecule has 44 heavy (non-hydrogen) atoms. The summed E-state index contributed by atoms with van der Waals surface area (Å²) in [6.07, 6.45) is 11.5. The number of hydrogen-bond acceptors (Lipinski definition) is 7. The maximum Gasteiger partial charge on any atom is 0.313 e. The third-order valence-electron chi connectivity index (χ3n) is 9.23. The van der Waals surface area contributed by atoms with Gasteiger partial charge in [-0.15, -0.1) is 0 Å². The molecule has 0 radical (unpaired) electrons. The van der Waals surface area contributed by atoms with Crippen LogP contribution in [-0.2, 0) is 28.7 Å².